The number of hydrogen-bond donors (Lipinski definition) is 2. The van der Waals surface area contributed by atoms with Gasteiger partial charge in [0.15, 0.2) is 0 Å². The SMILES string of the molecule is Cc1cc(C)cc(N[C@@H]2CCCC[C@H]2N)c1. The van der Waals surface area contributed by atoms with Crippen molar-refractivity contribution in [2.24, 2.45) is 5.73 Å². The zero-order valence-corrected chi connectivity index (χ0v) is 10.3. The summed E-state index contributed by atoms with van der Waals surface area (Å²) in [4.78, 5) is 0. The summed E-state index contributed by atoms with van der Waals surface area (Å²) in [7, 11) is 0. The zero-order chi connectivity index (χ0) is 11.5. The van der Waals surface area contributed by atoms with E-state index >= 15 is 0 Å². The second-order valence-corrected chi connectivity index (χ2v) is 5.08. The number of nitrogens with two attached hydrogens (primary N) is 1. The fourth-order valence-electron chi connectivity index (χ4n) is 2.61. The van der Waals surface area contributed by atoms with E-state index in [1.165, 1.54) is 36.1 Å². The van der Waals surface area contributed by atoms with Crippen LogP contribution in [0, 0.1) is 13.8 Å². The van der Waals surface area contributed by atoms with Gasteiger partial charge in [0.2, 0.25) is 0 Å². The van der Waals surface area contributed by atoms with Gasteiger partial charge in [-0.25, -0.2) is 0 Å². The number of nitrogens with one attached hydrogen (secondary N) is 1. The third-order valence-corrected chi connectivity index (χ3v) is 3.39. The van der Waals surface area contributed by atoms with Gasteiger partial charge in [-0.2, -0.15) is 0 Å². The molecule has 0 amide bonds. The predicted molar refractivity (Wildman–Crippen MR) is 69.8 cm³/mol. The molecule has 0 unspecified atom stereocenters. The number of aryl methyl sites for hydroxylation is 2. The monoisotopic (exact) mass is 218 g/mol. The molecule has 3 N–H and O–H groups in total. The average Bonchev–Trinajstić information content (AvgIpc) is 2.20. The molecule has 1 aliphatic rings. The standard InChI is InChI=1S/C14H22N2/c1-10-7-11(2)9-12(8-10)16-14-6-4-3-5-13(14)15/h7-9,13-14,16H,3-6,15H2,1-2H3/t13-,14-/m1/s1. The van der Waals surface area contributed by atoms with Crippen LogP contribution in [0.25, 0.3) is 0 Å². The predicted octanol–water partition coefficient (Wildman–Crippen LogP) is 2.99. The van der Waals surface area contributed by atoms with Gasteiger partial charge < -0.3 is 11.1 Å². The first kappa shape index (κ1) is 11.5. The van der Waals surface area contributed by atoms with Crippen LogP contribution in [0.4, 0.5) is 5.69 Å². The van der Waals surface area contributed by atoms with Crippen molar-refractivity contribution < 1.29 is 0 Å². The second kappa shape index (κ2) is 4.88. The molecule has 2 heteroatoms. The van der Waals surface area contributed by atoms with Crippen LogP contribution >= 0.6 is 0 Å². The molecule has 0 spiro atoms. The van der Waals surface area contributed by atoms with Gasteiger partial charge in [-0.1, -0.05) is 18.9 Å². The van der Waals surface area contributed by atoms with E-state index in [1.54, 1.807) is 0 Å². The van der Waals surface area contributed by atoms with Crippen molar-refractivity contribution in [1.29, 1.82) is 0 Å². The van der Waals surface area contributed by atoms with Gasteiger partial charge in [-0.15, -0.1) is 0 Å². The van der Waals surface area contributed by atoms with Crippen LogP contribution in [0.15, 0.2) is 18.2 Å². The number of benzene rings is 1. The summed E-state index contributed by atoms with van der Waals surface area (Å²) in [5.41, 5.74) is 9.99. The maximum absolute atomic E-state index is 6.14. The van der Waals surface area contributed by atoms with Crippen molar-refractivity contribution in [1.82, 2.24) is 0 Å². The Kier molecular flexibility index (Phi) is 3.49. The Labute approximate surface area is 98.2 Å². The minimum Gasteiger partial charge on any atom is -0.381 e. The van der Waals surface area contributed by atoms with E-state index in [0.717, 1.165) is 6.42 Å². The van der Waals surface area contributed by atoms with Crippen molar-refractivity contribution in [3.8, 4) is 0 Å². The van der Waals surface area contributed by atoms with E-state index in [1.807, 2.05) is 0 Å². The molecule has 0 aromatic heterocycles. The molecule has 1 aliphatic carbocycles. The summed E-state index contributed by atoms with van der Waals surface area (Å²) >= 11 is 0. The van der Waals surface area contributed by atoms with E-state index in [2.05, 4.69) is 37.4 Å². The zero-order valence-electron chi connectivity index (χ0n) is 10.3. The first-order chi connectivity index (χ1) is 7.65. The Balaban J connectivity index is 2.07. The highest BCUT2D eigenvalue weighted by molar-refractivity contribution is 5.49. The van der Waals surface area contributed by atoms with E-state index in [9.17, 15) is 0 Å². The fourth-order valence-corrected chi connectivity index (χ4v) is 2.61. The third-order valence-electron chi connectivity index (χ3n) is 3.39. The summed E-state index contributed by atoms with van der Waals surface area (Å²) in [5, 5.41) is 3.59. The lowest BCUT2D eigenvalue weighted by Crippen LogP contribution is -2.42. The summed E-state index contributed by atoms with van der Waals surface area (Å²) in [5.74, 6) is 0. The Morgan fingerprint density at radius 3 is 2.31 bits per heavy atom. The van der Waals surface area contributed by atoms with Gasteiger partial charge in [-0.05, 0) is 49.9 Å². The Morgan fingerprint density at radius 1 is 1.06 bits per heavy atom. The van der Waals surface area contributed by atoms with Gasteiger partial charge in [0.1, 0.15) is 0 Å². The number of rotatable bonds is 2. The van der Waals surface area contributed by atoms with Crippen LogP contribution in [0.3, 0.4) is 0 Å². The molecular formula is C14H22N2. The highest BCUT2D eigenvalue weighted by Gasteiger charge is 2.21. The highest BCUT2D eigenvalue weighted by atomic mass is 15.0. The Hall–Kier alpha value is -1.02. The Morgan fingerprint density at radius 2 is 1.69 bits per heavy atom. The van der Waals surface area contributed by atoms with Crippen LogP contribution in [0.2, 0.25) is 0 Å². The van der Waals surface area contributed by atoms with Gasteiger partial charge in [0.05, 0.1) is 0 Å². The summed E-state index contributed by atoms with van der Waals surface area (Å²) in [6.07, 6.45) is 4.94. The molecule has 1 aromatic rings. The lowest BCUT2D eigenvalue weighted by Gasteiger charge is -2.30. The lowest BCUT2D eigenvalue weighted by atomic mass is 9.91. The topological polar surface area (TPSA) is 38.0 Å². The fraction of sp³-hybridized carbons (Fsp3) is 0.571. The molecule has 88 valence electrons. The van der Waals surface area contributed by atoms with Crippen molar-refractivity contribution in [2.45, 2.75) is 51.6 Å². The van der Waals surface area contributed by atoms with Gasteiger partial charge in [-0.3, -0.25) is 0 Å². The van der Waals surface area contributed by atoms with Crippen LogP contribution < -0.4 is 11.1 Å². The first-order valence-corrected chi connectivity index (χ1v) is 6.25. The van der Waals surface area contributed by atoms with E-state index < -0.39 is 0 Å². The maximum atomic E-state index is 6.14. The van der Waals surface area contributed by atoms with Crippen LogP contribution in [-0.2, 0) is 0 Å². The molecule has 0 saturated heterocycles. The number of anilines is 1. The van der Waals surface area contributed by atoms with Crippen LogP contribution in [-0.4, -0.2) is 12.1 Å². The summed E-state index contributed by atoms with van der Waals surface area (Å²) < 4.78 is 0. The molecule has 0 bridgehead atoms. The van der Waals surface area contributed by atoms with E-state index in [0.29, 0.717) is 12.1 Å². The molecule has 16 heavy (non-hydrogen) atoms. The van der Waals surface area contributed by atoms with E-state index in [4.69, 9.17) is 5.73 Å². The molecular weight excluding hydrogens is 196 g/mol. The molecule has 2 atom stereocenters. The van der Waals surface area contributed by atoms with Crippen LogP contribution in [0.5, 0.6) is 0 Å². The molecule has 1 fully saturated rings. The van der Waals surface area contributed by atoms with E-state index in [-0.39, 0.29) is 0 Å². The molecule has 0 radical (unpaired) electrons. The normalized spacial score (nSPS) is 25.4. The summed E-state index contributed by atoms with van der Waals surface area (Å²) in [6.45, 7) is 4.28. The minimum atomic E-state index is 0.314. The van der Waals surface area contributed by atoms with Crippen molar-refractivity contribution >= 4 is 5.69 Å². The lowest BCUT2D eigenvalue weighted by molar-refractivity contribution is 0.404. The van der Waals surface area contributed by atoms with Gasteiger partial charge in [0.25, 0.3) is 0 Å². The first-order valence-electron chi connectivity index (χ1n) is 6.25. The van der Waals surface area contributed by atoms with Gasteiger partial charge in [0, 0.05) is 17.8 Å². The van der Waals surface area contributed by atoms with Gasteiger partial charge >= 0.3 is 0 Å². The molecule has 2 nitrogen and oxygen atoms in total. The smallest absolute Gasteiger partial charge is 0.0412 e. The van der Waals surface area contributed by atoms with Crippen molar-refractivity contribution in [3.05, 3.63) is 29.3 Å². The highest BCUT2D eigenvalue weighted by Crippen LogP contribution is 2.22. The molecule has 1 aromatic carbocycles. The summed E-state index contributed by atoms with van der Waals surface area (Å²) in [6, 6.07) is 7.37. The van der Waals surface area contributed by atoms with Crippen LogP contribution in [0.1, 0.15) is 36.8 Å². The minimum absolute atomic E-state index is 0.314. The number of hydrogen-bond acceptors (Lipinski definition) is 2. The second-order valence-electron chi connectivity index (χ2n) is 5.08. The molecule has 2 rings (SSSR count). The van der Waals surface area contributed by atoms with Crippen molar-refractivity contribution in [3.63, 3.8) is 0 Å². The third kappa shape index (κ3) is 2.76. The van der Waals surface area contributed by atoms with Crippen molar-refractivity contribution in [2.75, 3.05) is 5.32 Å². The quantitative estimate of drug-likeness (QED) is 0.801. The molecule has 0 aliphatic heterocycles. The Bertz CT molecular complexity index is 340. The largest absolute Gasteiger partial charge is 0.381 e. The average molecular weight is 218 g/mol. The molecule has 1 saturated carbocycles. The molecule has 0 heterocycles. The maximum Gasteiger partial charge on any atom is 0.0412 e.